The van der Waals surface area contributed by atoms with Crippen LogP contribution in [0, 0.1) is 13.8 Å². The fourth-order valence-corrected chi connectivity index (χ4v) is 0.879. The van der Waals surface area contributed by atoms with Crippen molar-refractivity contribution in [2.45, 2.75) is 26.4 Å². The maximum atomic E-state index is 10.3. The number of aliphatic hydroxyl groups excluding tert-OH is 1. The summed E-state index contributed by atoms with van der Waals surface area (Å²) >= 11 is 0. The van der Waals surface area contributed by atoms with Gasteiger partial charge >= 0.3 is 5.97 Å². The molecule has 2 N–H and O–H groups in total. The maximum Gasteiger partial charge on any atom is 0.333 e. The first-order valence-electron chi connectivity index (χ1n) is 3.84. The molecule has 0 saturated heterocycles. The van der Waals surface area contributed by atoms with Crippen LogP contribution in [0.3, 0.4) is 0 Å². The second kappa shape index (κ2) is 3.57. The minimum Gasteiger partial charge on any atom is -0.479 e. The number of carboxylic acids is 1. The molecule has 0 saturated carbocycles. The molecule has 0 bridgehead atoms. The number of carboxylic acid groups (broad SMARTS) is 1. The lowest BCUT2D eigenvalue weighted by Gasteiger charge is -1.99. The van der Waals surface area contributed by atoms with Crippen molar-refractivity contribution in [1.29, 1.82) is 0 Å². The van der Waals surface area contributed by atoms with Crippen LogP contribution < -0.4 is 0 Å². The van der Waals surface area contributed by atoms with E-state index in [1.54, 1.807) is 13.8 Å². The van der Waals surface area contributed by atoms with Gasteiger partial charge in [0.25, 0.3) is 0 Å². The first-order valence-corrected chi connectivity index (χ1v) is 3.84. The second-order valence-electron chi connectivity index (χ2n) is 2.81. The summed E-state index contributed by atoms with van der Waals surface area (Å²) in [6.45, 7) is 3.49. The Hall–Kier alpha value is -1.36. The van der Waals surface area contributed by atoms with Gasteiger partial charge in [0.05, 0.1) is 12.1 Å². The van der Waals surface area contributed by atoms with E-state index in [2.05, 4.69) is 4.98 Å². The Morgan fingerprint density at radius 2 is 2.23 bits per heavy atom. The molecule has 0 aliphatic rings. The maximum absolute atomic E-state index is 10.3. The molecule has 5 nitrogen and oxygen atoms in total. The van der Waals surface area contributed by atoms with E-state index in [0.29, 0.717) is 11.5 Å². The highest BCUT2D eigenvalue weighted by molar-refractivity contribution is 5.72. The van der Waals surface area contributed by atoms with E-state index in [1.807, 2.05) is 0 Å². The molecule has 1 atom stereocenters. The zero-order valence-corrected chi connectivity index (χ0v) is 7.44. The Labute approximate surface area is 75.0 Å². The predicted molar refractivity (Wildman–Crippen MR) is 43.3 cm³/mol. The number of aliphatic carboxylic acids is 1. The Morgan fingerprint density at radius 1 is 1.62 bits per heavy atom. The number of aryl methyl sites for hydroxylation is 2. The molecule has 0 aliphatic carbocycles. The molecule has 1 heterocycles. The van der Waals surface area contributed by atoms with Gasteiger partial charge in [0.1, 0.15) is 5.76 Å². The van der Waals surface area contributed by atoms with Crippen molar-refractivity contribution in [3.8, 4) is 0 Å². The quantitative estimate of drug-likeness (QED) is 0.706. The van der Waals surface area contributed by atoms with Gasteiger partial charge in [0.2, 0.25) is 0 Å². The Morgan fingerprint density at radius 3 is 2.62 bits per heavy atom. The first-order chi connectivity index (χ1) is 6.00. The van der Waals surface area contributed by atoms with E-state index in [9.17, 15) is 4.79 Å². The standard InChI is InChI=1S/C8H11NO4/c1-4-5(2)13-7(9-4)3-6(10)8(11)12/h6,10H,3H2,1-2H3,(H,11,12). The highest BCUT2D eigenvalue weighted by atomic mass is 16.4. The van der Waals surface area contributed by atoms with Crippen LogP contribution in [0.1, 0.15) is 17.3 Å². The predicted octanol–water partition coefficient (Wildman–Crippen LogP) is 0.279. The van der Waals surface area contributed by atoms with Gasteiger partial charge in [-0.25, -0.2) is 9.78 Å². The van der Waals surface area contributed by atoms with Crippen molar-refractivity contribution >= 4 is 5.97 Å². The molecule has 0 fully saturated rings. The zero-order chi connectivity index (χ0) is 10.0. The van der Waals surface area contributed by atoms with Crippen LogP contribution >= 0.6 is 0 Å². The number of rotatable bonds is 3. The summed E-state index contributed by atoms with van der Waals surface area (Å²) < 4.78 is 5.10. The summed E-state index contributed by atoms with van der Waals surface area (Å²) in [5.41, 5.74) is 0.715. The third-order valence-corrected chi connectivity index (χ3v) is 1.73. The van der Waals surface area contributed by atoms with E-state index < -0.39 is 12.1 Å². The van der Waals surface area contributed by atoms with Crippen molar-refractivity contribution in [3.05, 3.63) is 17.3 Å². The van der Waals surface area contributed by atoms with Gasteiger partial charge in [0.15, 0.2) is 12.0 Å². The summed E-state index contributed by atoms with van der Waals surface area (Å²) in [7, 11) is 0. The molecule has 0 radical (unpaired) electrons. The Kier molecular flexibility index (Phi) is 2.67. The van der Waals surface area contributed by atoms with E-state index in [0.717, 1.165) is 0 Å². The van der Waals surface area contributed by atoms with E-state index in [4.69, 9.17) is 14.6 Å². The molecule has 1 aromatic rings. The van der Waals surface area contributed by atoms with Crippen molar-refractivity contribution in [2.75, 3.05) is 0 Å². The summed E-state index contributed by atoms with van der Waals surface area (Å²) in [6.07, 6.45) is -1.54. The lowest BCUT2D eigenvalue weighted by atomic mass is 10.2. The lowest BCUT2D eigenvalue weighted by Crippen LogP contribution is -2.22. The van der Waals surface area contributed by atoms with Gasteiger partial charge in [-0.15, -0.1) is 0 Å². The van der Waals surface area contributed by atoms with Crippen LogP contribution in [0.4, 0.5) is 0 Å². The van der Waals surface area contributed by atoms with Crippen LogP contribution in [0.2, 0.25) is 0 Å². The Bertz CT molecular complexity index is 298. The summed E-state index contributed by atoms with van der Waals surface area (Å²) in [5.74, 6) is -0.369. The first kappa shape index (κ1) is 9.73. The molecule has 1 aromatic heterocycles. The molecular weight excluding hydrogens is 174 g/mol. The van der Waals surface area contributed by atoms with Gasteiger partial charge < -0.3 is 14.6 Å². The van der Waals surface area contributed by atoms with Gasteiger partial charge in [-0.05, 0) is 13.8 Å². The zero-order valence-electron chi connectivity index (χ0n) is 7.44. The third kappa shape index (κ3) is 2.29. The molecule has 0 amide bonds. The highest BCUT2D eigenvalue weighted by Gasteiger charge is 2.17. The summed E-state index contributed by atoms with van der Waals surface area (Å²) in [6, 6.07) is 0. The normalized spacial score (nSPS) is 12.8. The third-order valence-electron chi connectivity index (χ3n) is 1.73. The largest absolute Gasteiger partial charge is 0.479 e. The SMILES string of the molecule is Cc1nc(CC(O)C(=O)O)oc1C. The molecule has 0 aliphatic heterocycles. The molecule has 1 unspecified atom stereocenters. The number of oxazole rings is 1. The van der Waals surface area contributed by atoms with Gasteiger partial charge in [0, 0.05) is 0 Å². The van der Waals surface area contributed by atoms with E-state index in [-0.39, 0.29) is 12.3 Å². The summed E-state index contributed by atoms with van der Waals surface area (Å²) in [4.78, 5) is 14.2. The van der Waals surface area contributed by atoms with E-state index >= 15 is 0 Å². The van der Waals surface area contributed by atoms with Crippen molar-refractivity contribution < 1.29 is 19.4 Å². The van der Waals surface area contributed by atoms with Crippen LogP contribution in [0.5, 0.6) is 0 Å². The Balaban J connectivity index is 2.69. The molecule has 0 aromatic carbocycles. The van der Waals surface area contributed by atoms with Gasteiger partial charge in [-0.2, -0.15) is 0 Å². The lowest BCUT2D eigenvalue weighted by molar-refractivity contribution is -0.146. The smallest absolute Gasteiger partial charge is 0.333 e. The number of carbonyl (C=O) groups is 1. The van der Waals surface area contributed by atoms with Crippen LogP contribution in [-0.4, -0.2) is 27.3 Å². The number of hydrogen-bond acceptors (Lipinski definition) is 4. The molecular formula is C8H11NO4. The van der Waals surface area contributed by atoms with Crippen molar-refractivity contribution in [3.63, 3.8) is 0 Å². The fourth-order valence-electron chi connectivity index (χ4n) is 0.879. The topological polar surface area (TPSA) is 83.6 Å². The number of aliphatic hydroxyl groups is 1. The second-order valence-corrected chi connectivity index (χ2v) is 2.81. The number of aromatic nitrogens is 1. The average Bonchev–Trinajstić information content (AvgIpc) is 2.31. The van der Waals surface area contributed by atoms with Gasteiger partial charge in [-0.3, -0.25) is 0 Å². The average molecular weight is 185 g/mol. The monoisotopic (exact) mass is 185 g/mol. The van der Waals surface area contributed by atoms with E-state index in [1.165, 1.54) is 0 Å². The number of nitrogens with zero attached hydrogens (tertiary/aromatic N) is 1. The minimum atomic E-state index is -1.45. The van der Waals surface area contributed by atoms with Crippen LogP contribution in [0.25, 0.3) is 0 Å². The van der Waals surface area contributed by atoms with Gasteiger partial charge in [-0.1, -0.05) is 0 Å². The van der Waals surface area contributed by atoms with Crippen molar-refractivity contribution in [1.82, 2.24) is 4.98 Å². The summed E-state index contributed by atoms with van der Waals surface area (Å²) in [5, 5.41) is 17.4. The van der Waals surface area contributed by atoms with Crippen LogP contribution in [-0.2, 0) is 11.2 Å². The molecule has 0 spiro atoms. The molecule has 72 valence electrons. The number of hydrogen-bond donors (Lipinski definition) is 2. The van der Waals surface area contributed by atoms with Crippen molar-refractivity contribution in [2.24, 2.45) is 0 Å². The highest BCUT2D eigenvalue weighted by Crippen LogP contribution is 2.09. The molecule has 13 heavy (non-hydrogen) atoms. The van der Waals surface area contributed by atoms with Crippen LogP contribution in [0.15, 0.2) is 4.42 Å². The fraction of sp³-hybridized carbons (Fsp3) is 0.500. The molecule has 5 heteroatoms. The minimum absolute atomic E-state index is 0.0932. The molecule has 1 rings (SSSR count).